The van der Waals surface area contributed by atoms with E-state index in [1.807, 2.05) is 0 Å². The summed E-state index contributed by atoms with van der Waals surface area (Å²) in [6, 6.07) is 8.85. The van der Waals surface area contributed by atoms with E-state index < -0.39 is 0 Å². The summed E-state index contributed by atoms with van der Waals surface area (Å²) in [5.74, 6) is 0. The first-order valence-electron chi connectivity index (χ1n) is 7.42. The minimum Gasteiger partial charge on any atom is -0.368 e. The number of likely N-dealkylation sites (N-methyl/N-ethyl adjacent to an activating group) is 1. The monoisotopic (exact) mass is 276 g/mol. The molecule has 3 nitrogen and oxygen atoms in total. The molecule has 1 aromatic carbocycles. The van der Waals surface area contributed by atoms with Crippen molar-refractivity contribution in [1.29, 1.82) is 0 Å². The lowest BCUT2D eigenvalue weighted by atomic mass is 9.92. The molecule has 0 bridgehead atoms. The average molecular weight is 276 g/mol. The Morgan fingerprint density at radius 2 is 1.80 bits per heavy atom. The highest BCUT2D eigenvalue weighted by molar-refractivity contribution is 5.27. The topological polar surface area (TPSA) is 38.5 Å². The van der Waals surface area contributed by atoms with Crippen LogP contribution in [0.2, 0.25) is 0 Å². The Kier molecular flexibility index (Phi) is 4.24. The Morgan fingerprint density at radius 1 is 1.20 bits per heavy atom. The summed E-state index contributed by atoms with van der Waals surface area (Å²) >= 11 is 0. The fraction of sp³-hybridized carbons (Fsp3) is 0.647. The van der Waals surface area contributed by atoms with E-state index in [-0.39, 0.29) is 11.2 Å². The number of benzene rings is 1. The van der Waals surface area contributed by atoms with E-state index in [1.54, 1.807) is 0 Å². The molecule has 1 aromatic rings. The molecule has 1 unspecified atom stereocenters. The van der Waals surface area contributed by atoms with E-state index in [1.165, 1.54) is 11.1 Å². The third-order valence-electron chi connectivity index (χ3n) is 4.32. The lowest BCUT2D eigenvalue weighted by Crippen LogP contribution is -2.44. The molecule has 0 aromatic heterocycles. The number of rotatable bonds is 4. The Labute approximate surface area is 123 Å². The van der Waals surface area contributed by atoms with Crippen molar-refractivity contribution in [3.63, 3.8) is 0 Å². The van der Waals surface area contributed by atoms with Gasteiger partial charge in [-0.2, -0.15) is 0 Å². The minimum absolute atomic E-state index is 0.0458. The van der Waals surface area contributed by atoms with Crippen molar-refractivity contribution in [3.05, 3.63) is 35.4 Å². The SMILES string of the molecule is CN(Cc1ccccc1CN)C1CC(C)(C)OC1(C)C. The Hall–Kier alpha value is -0.900. The van der Waals surface area contributed by atoms with E-state index in [0.29, 0.717) is 12.6 Å². The van der Waals surface area contributed by atoms with Gasteiger partial charge in [0.25, 0.3) is 0 Å². The summed E-state index contributed by atoms with van der Waals surface area (Å²) in [6.45, 7) is 10.3. The molecule has 0 saturated carbocycles. The highest BCUT2D eigenvalue weighted by Gasteiger charge is 2.47. The van der Waals surface area contributed by atoms with E-state index in [9.17, 15) is 0 Å². The lowest BCUT2D eigenvalue weighted by molar-refractivity contribution is -0.0792. The number of hydrogen-bond acceptors (Lipinski definition) is 3. The second-order valence-corrected chi connectivity index (χ2v) is 7.07. The quantitative estimate of drug-likeness (QED) is 0.919. The molecule has 1 aliphatic heterocycles. The zero-order valence-electron chi connectivity index (χ0n) is 13.4. The predicted molar refractivity (Wildman–Crippen MR) is 83.4 cm³/mol. The van der Waals surface area contributed by atoms with Crippen molar-refractivity contribution in [2.45, 2.75) is 64.4 Å². The maximum absolute atomic E-state index is 6.20. The van der Waals surface area contributed by atoms with Crippen LogP contribution >= 0.6 is 0 Å². The first-order valence-corrected chi connectivity index (χ1v) is 7.42. The molecule has 20 heavy (non-hydrogen) atoms. The van der Waals surface area contributed by atoms with Crippen LogP contribution in [0.15, 0.2) is 24.3 Å². The number of nitrogens with two attached hydrogens (primary N) is 1. The summed E-state index contributed by atoms with van der Waals surface area (Å²) in [5.41, 5.74) is 8.22. The van der Waals surface area contributed by atoms with E-state index >= 15 is 0 Å². The van der Waals surface area contributed by atoms with Crippen molar-refractivity contribution >= 4 is 0 Å². The van der Waals surface area contributed by atoms with Crippen LogP contribution in [-0.2, 0) is 17.8 Å². The van der Waals surface area contributed by atoms with Crippen molar-refractivity contribution in [3.8, 4) is 0 Å². The second-order valence-electron chi connectivity index (χ2n) is 7.07. The molecule has 0 amide bonds. The molecule has 2 N–H and O–H groups in total. The van der Waals surface area contributed by atoms with Crippen LogP contribution in [-0.4, -0.2) is 29.2 Å². The standard InChI is InChI=1S/C17H28N2O/c1-16(2)10-15(17(3,4)20-16)19(5)12-14-9-7-6-8-13(14)11-18/h6-9,15H,10-12,18H2,1-5H3. The molecule has 2 rings (SSSR count). The second kappa shape index (κ2) is 5.47. The lowest BCUT2D eigenvalue weighted by Gasteiger charge is -2.34. The number of nitrogens with zero attached hydrogens (tertiary/aromatic N) is 1. The highest BCUT2D eigenvalue weighted by atomic mass is 16.5. The molecule has 1 atom stereocenters. The van der Waals surface area contributed by atoms with Gasteiger partial charge in [0, 0.05) is 19.1 Å². The van der Waals surface area contributed by atoms with Gasteiger partial charge in [-0.15, -0.1) is 0 Å². The van der Waals surface area contributed by atoms with Crippen LogP contribution in [0.1, 0.15) is 45.2 Å². The maximum atomic E-state index is 6.20. The molecule has 0 radical (unpaired) electrons. The molecule has 0 aliphatic carbocycles. The Balaban J connectivity index is 2.14. The van der Waals surface area contributed by atoms with E-state index in [4.69, 9.17) is 10.5 Å². The summed E-state index contributed by atoms with van der Waals surface area (Å²) < 4.78 is 6.20. The first kappa shape index (κ1) is 15.5. The summed E-state index contributed by atoms with van der Waals surface area (Å²) in [7, 11) is 2.18. The predicted octanol–water partition coefficient (Wildman–Crippen LogP) is 2.92. The van der Waals surface area contributed by atoms with Crippen molar-refractivity contribution in [2.75, 3.05) is 7.05 Å². The molecule has 1 heterocycles. The summed E-state index contributed by atoms with van der Waals surface area (Å²) in [4.78, 5) is 2.41. The van der Waals surface area contributed by atoms with Crippen molar-refractivity contribution in [2.24, 2.45) is 5.73 Å². The van der Waals surface area contributed by atoms with Crippen LogP contribution in [0.3, 0.4) is 0 Å². The Morgan fingerprint density at radius 3 is 2.30 bits per heavy atom. The Bertz CT molecular complexity index is 468. The summed E-state index contributed by atoms with van der Waals surface area (Å²) in [6.07, 6.45) is 1.06. The normalized spacial score (nSPS) is 24.2. The van der Waals surface area contributed by atoms with Crippen LogP contribution in [0.25, 0.3) is 0 Å². The zero-order chi connectivity index (χ0) is 15.0. The molecule has 1 aliphatic rings. The fourth-order valence-electron chi connectivity index (χ4n) is 3.51. The molecule has 1 saturated heterocycles. The fourth-order valence-corrected chi connectivity index (χ4v) is 3.51. The van der Waals surface area contributed by atoms with Gasteiger partial charge in [-0.25, -0.2) is 0 Å². The molecule has 0 spiro atoms. The van der Waals surface area contributed by atoms with Crippen LogP contribution in [0.5, 0.6) is 0 Å². The molecular formula is C17H28N2O. The van der Waals surface area contributed by atoms with Gasteiger partial charge in [-0.3, -0.25) is 4.90 Å². The molecular weight excluding hydrogens is 248 g/mol. The van der Waals surface area contributed by atoms with Crippen molar-refractivity contribution < 1.29 is 4.74 Å². The molecule has 1 fully saturated rings. The van der Waals surface area contributed by atoms with Gasteiger partial charge in [0.15, 0.2) is 0 Å². The maximum Gasteiger partial charge on any atom is 0.0789 e. The third kappa shape index (κ3) is 3.22. The van der Waals surface area contributed by atoms with Gasteiger partial charge in [-0.1, -0.05) is 24.3 Å². The van der Waals surface area contributed by atoms with E-state index in [0.717, 1.165) is 13.0 Å². The van der Waals surface area contributed by atoms with Gasteiger partial charge in [-0.05, 0) is 52.3 Å². The van der Waals surface area contributed by atoms with Crippen LogP contribution in [0.4, 0.5) is 0 Å². The number of ether oxygens (including phenoxy) is 1. The first-order chi connectivity index (χ1) is 9.25. The zero-order valence-corrected chi connectivity index (χ0v) is 13.4. The molecule has 3 heteroatoms. The largest absolute Gasteiger partial charge is 0.368 e. The third-order valence-corrected chi connectivity index (χ3v) is 4.32. The smallest absolute Gasteiger partial charge is 0.0789 e. The van der Waals surface area contributed by atoms with Gasteiger partial charge >= 0.3 is 0 Å². The van der Waals surface area contributed by atoms with Gasteiger partial charge in [0.2, 0.25) is 0 Å². The minimum atomic E-state index is -0.115. The average Bonchev–Trinajstić information content (AvgIpc) is 2.58. The van der Waals surface area contributed by atoms with Gasteiger partial charge in [0.05, 0.1) is 11.2 Å². The summed E-state index contributed by atoms with van der Waals surface area (Å²) in [5, 5.41) is 0. The molecule has 112 valence electrons. The van der Waals surface area contributed by atoms with Gasteiger partial charge in [0.1, 0.15) is 0 Å². The van der Waals surface area contributed by atoms with Crippen LogP contribution < -0.4 is 5.73 Å². The van der Waals surface area contributed by atoms with Crippen LogP contribution in [0, 0.1) is 0 Å². The highest BCUT2D eigenvalue weighted by Crippen LogP contribution is 2.40. The van der Waals surface area contributed by atoms with Crippen molar-refractivity contribution in [1.82, 2.24) is 4.90 Å². The van der Waals surface area contributed by atoms with E-state index in [2.05, 4.69) is 63.9 Å². The van der Waals surface area contributed by atoms with Gasteiger partial charge < -0.3 is 10.5 Å². The number of hydrogen-bond donors (Lipinski definition) is 1.